The van der Waals surface area contributed by atoms with Crippen molar-refractivity contribution in [2.75, 3.05) is 13.2 Å². The quantitative estimate of drug-likeness (QED) is 0.429. The lowest BCUT2D eigenvalue weighted by atomic mass is 10.1. The largest absolute Gasteiger partial charge is 0.394 e. The molecule has 23 heavy (non-hydrogen) atoms. The van der Waals surface area contributed by atoms with Gasteiger partial charge in [0.2, 0.25) is 0 Å². The maximum Gasteiger partial charge on any atom is 0.159 e. The highest BCUT2D eigenvalue weighted by Crippen LogP contribution is 2.24. The highest BCUT2D eigenvalue weighted by molar-refractivity contribution is 7.73. The highest BCUT2D eigenvalue weighted by Gasteiger charge is 2.12. The third kappa shape index (κ3) is 5.99. The molecule has 0 saturated carbocycles. The number of hydrogen-bond donors (Lipinski definition) is 2. The van der Waals surface area contributed by atoms with Crippen molar-refractivity contribution in [2.24, 2.45) is 0 Å². The molecule has 1 unspecified atom stereocenters. The van der Waals surface area contributed by atoms with Crippen LogP contribution in [0.5, 0.6) is 0 Å². The highest BCUT2D eigenvalue weighted by atomic mass is 32.1. The van der Waals surface area contributed by atoms with Gasteiger partial charge in [-0.25, -0.2) is 0 Å². The first-order valence-corrected chi connectivity index (χ1v) is 9.80. The van der Waals surface area contributed by atoms with Crippen molar-refractivity contribution >= 4 is 33.8 Å². The Balaban J connectivity index is 1.81. The normalized spacial score (nSPS) is 12.8. The number of ether oxygens (including phenoxy) is 1. The fourth-order valence-corrected chi connectivity index (χ4v) is 3.91. The van der Waals surface area contributed by atoms with Gasteiger partial charge < -0.3 is 14.8 Å². The zero-order valence-corrected chi connectivity index (χ0v) is 15.5. The number of benzene rings is 1. The molecule has 0 saturated heterocycles. The Hall–Kier alpha value is -0.750. The molecule has 0 amide bonds. The number of aromatic amines is 1. The maximum absolute atomic E-state index is 9.58. The Morgan fingerprint density at radius 3 is 2.78 bits per heavy atom. The van der Waals surface area contributed by atoms with E-state index in [1.54, 1.807) is 11.3 Å². The summed E-state index contributed by atoms with van der Waals surface area (Å²) in [6, 6.07) is 6.19. The minimum absolute atomic E-state index is 0.0527. The lowest BCUT2D eigenvalue weighted by Crippen LogP contribution is -2.21. The van der Waals surface area contributed by atoms with Crippen LogP contribution in [0, 0.1) is 3.95 Å². The second-order valence-corrected chi connectivity index (χ2v) is 7.67. The standard InChI is InChI=1S/C18H27NO2S2/c1-2-3-4-5-6-7-11-21-15(13-20)12-14-9-8-10-16-17(14)19-18(22)23-16/h8-10,15,20H,2-7,11-13H2,1H3,(H,19,22). The Labute approximate surface area is 147 Å². The molecule has 0 radical (unpaired) electrons. The van der Waals surface area contributed by atoms with Gasteiger partial charge in [0, 0.05) is 13.0 Å². The fraction of sp³-hybridized carbons (Fsp3) is 0.611. The minimum atomic E-state index is -0.141. The van der Waals surface area contributed by atoms with E-state index in [1.807, 2.05) is 6.07 Å². The van der Waals surface area contributed by atoms with Crippen molar-refractivity contribution < 1.29 is 9.84 Å². The molecule has 0 aliphatic heterocycles. The molecule has 2 aromatic rings. The molecule has 1 aromatic carbocycles. The van der Waals surface area contributed by atoms with Gasteiger partial charge in [-0.1, -0.05) is 51.2 Å². The Kier molecular flexibility index (Phi) is 8.23. The van der Waals surface area contributed by atoms with E-state index in [0.29, 0.717) is 6.42 Å². The summed E-state index contributed by atoms with van der Waals surface area (Å²) in [6.45, 7) is 3.01. The van der Waals surface area contributed by atoms with Crippen LogP contribution in [-0.4, -0.2) is 29.4 Å². The van der Waals surface area contributed by atoms with Crippen LogP contribution in [0.4, 0.5) is 0 Å². The van der Waals surface area contributed by atoms with E-state index in [0.717, 1.165) is 28.1 Å². The van der Waals surface area contributed by atoms with Crippen LogP contribution in [0.1, 0.15) is 51.0 Å². The fourth-order valence-electron chi connectivity index (χ4n) is 2.75. The third-order valence-electron chi connectivity index (χ3n) is 4.04. The number of fused-ring (bicyclic) bond motifs is 1. The summed E-state index contributed by atoms with van der Waals surface area (Å²) in [5.74, 6) is 0. The van der Waals surface area contributed by atoms with Crippen molar-refractivity contribution in [2.45, 2.75) is 58.0 Å². The van der Waals surface area contributed by atoms with Gasteiger partial charge in [-0.2, -0.15) is 0 Å². The molecular formula is C18H27NO2S2. The van der Waals surface area contributed by atoms with Crippen LogP contribution >= 0.6 is 23.6 Å². The summed E-state index contributed by atoms with van der Waals surface area (Å²) in [5, 5.41) is 9.58. The van der Waals surface area contributed by atoms with Crippen LogP contribution < -0.4 is 0 Å². The maximum atomic E-state index is 9.58. The molecule has 128 valence electrons. The van der Waals surface area contributed by atoms with Crippen molar-refractivity contribution in [3.63, 3.8) is 0 Å². The third-order valence-corrected chi connectivity index (χ3v) is 5.24. The second kappa shape index (κ2) is 10.2. The molecule has 2 N–H and O–H groups in total. The molecule has 0 bridgehead atoms. The first-order valence-electron chi connectivity index (χ1n) is 8.57. The van der Waals surface area contributed by atoms with Crippen molar-refractivity contribution in [1.82, 2.24) is 4.98 Å². The predicted octanol–water partition coefficient (Wildman–Crippen LogP) is 5.24. The van der Waals surface area contributed by atoms with Gasteiger partial charge in [0.15, 0.2) is 3.95 Å². The molecular weight excluding hydrogens is 326 g/mol. The molecule has 0 aliphatic rings. The van der Waals surface area contributed by atoms with E-state index in [-0.39, 0.29) is 12.7 Å². The zero-order valence-electron chi connectivity index (χ0n) is 13.8. The van der Waals surface area contributed by atoms with Gasteiger partial charge in [-0.05, 0) is 30.3 Å². The molecule has 3 nitrogen and oxygen atoms in total. The van der Waals surface area contributed by atoms with Gasteiger partial charge in [-0.3, -0.25) is 0 Å². The summed E-state index contributed by atoms with van der Waals surface area (Å²) in [5.41, 5.74) is 2.25. The topological polar surface area (TPSA) is 45.2 Å². The number of aliphatic hydroxyl groups excluding tert-OH is 1. The molecule has 1 atom stereocenters. The smallest absolute Gasteiger partial charge is 0.159 e. The SMILES string of the molecule is CCCCCCCCOC(CO)Cc1cccc2sc(=S)[nH]c12. The molecule has 0 spiro atoms. The lowest BCUT2D eigenvalue weighted by Gasteiger charge is -2.16. The average Bonchev–Trinajstić information content (AvgIpc) is 2.94. The number of H-pyrrole nitrogens is 1. The van der Waals surface area contributed by atoms with Gasteiger partial charge >= 0.3 is 0 Å². The van der Waals surface area contributed by atoms with Crippen molar-refractivity contribution in [3.8, 4) is 0 Å². The number of aromatic nitrogens is 1. The van der Waals surface area contributed by atoms with Gasteiger partial charge in [-0.15, -0.1) is 11.3 Å². The van der Waals surface area contributed by atoms with E-state index in [9.17, 15) is 5.11 Å². The van der Waals surface area contributed by atoms with Crippen LogP contribution in [0.2, 0.25) is 0 Å². The average molecular weight is 354 g/mol. The van der Waals surface area contributed by atoms with Gasteiger partial charge in [0.05, 0.1) is 22.9 Å². The van der Waals surface area contributed by atoms with E-state index >= 15 is 0 Å². The van der Waals surface area contributed by atoms with Crippen LogP contribution in [0.15, 0.2) is 18.2 Å². The number of unbranched alkanes of at least 4 members (excludes halogenated alkanes) is 5. The van der Waals surface area contributed by atoms with Crippen molar-refractivity contribution in [3.05, 3.63) is 27.7 Å². The van der Waals surface area contributed by atoms with E-state index < -0.39 is 0 Å². The minimum Gasteiger partial charge on any atom is -0.394 e. The number of nitrogens with one attached hydrogen (secondary N) is 1. The molecule has 1 aromatic heterocycles. The molecule has 0 fully saturated rings. The van der Waals surface area contributed by atoms with Crippen molar-refractivity contribution in [1.29, 1.82) is 0 Å². The predicted molar refractivity (Wildman–Crippen MR) is 101 cm³/mol. The summed E-state index contributed by atoms with van der Waals surface area (Å²) in [7, 11) is 0. The Morgan fingerprint density at radius 2 is 2.00 bits per heavy atom. The second-order valence-electron chi connectivity index (χ2n) is 5.95. The molecule has 5 heteroatoms. The molecule has 0 aliphatic carbocycles. The summed E-state index contributed by atoms with van der Waals surface area (Å²) in [6.07, 6.45) is 8.07. The van der Waals surface area contributed by atoms with E-state index in [4.69, 9.17) is 17.0 Å². The Morgan fingerprint density at radius 1 is 1.22 bits per heavy atom. The van der Waals surface area contributed by atoms with Crippen LogP contribution in [0.3, 0.4) is 0 Å². The van der Waals surface area contributed by atoms with Crippen LogP contribution in [0.25, 0.3) is 10.2 Å². The summed E-state index contributed by atoms with van der Waals surface area (Å²) in [4.78, 5) is 3.25. The first kappa shape index (κ1) is 18.6. The van der Waals surface area contributed by atoms with Gasteiger partial charge in [0.1, 0.15) is 0 Å². The monoisotopic (exact) mass is 353 g/mol. The first-order chi connectivity index (χ1) is 11.2. The zero-order chi connectivity index (χ0) is 16.5. The summed E-state index contributed by atoms with van der Waals surface area (Å²) >= 11 is 6.81. The van der Waals surface area contributed by atoms with Crippen LogP contribution in [-0.2, 0) is 11.2 Å². The lowest BCUT2D eigenvalue weighted by molar-refractivity contribution is 0.0119. The molecule has 2 rings (SSSR count). The number of rotatable bonds is 11. The van der Waals surface area contributed by atoms with E-state index in [1.165, 1.54) is 36.8 Å². The molecule has 1 heterocycles. The summed E-state index contributed by atoms with van der Waals surface area (Å²) < 4.78 is 7.83. The number of aliphatic hydroxyl groups is 1. The van der Waals surface area contributed by atoms with Gasteiger partial charge in [0.25, 0.3) is 0 Å². The van der Waals surface area contributed by atoms with E-state index in [2.05, 4.69) is 24.0 Å². The number of para-hydroxylation sites is 1. The number of hydrogen-bond acceptors (Lipinski definition) is 4. The Bertz CT molecular complexity index is 635. The number of thiazole rings is 1.